The van der Waals surface area contributed by atoms with Gasteiger partial charge in [0.05, 0.1) is 12.5 Å². The van der Waals surface area contributed by atoms with Gasteiger partial charge in [-0.3, -0.25) is 14.3 Å². The predicted octanol–water partition coefficient (Wildman–Crippen LogP) is 1.77. The molecule has 0 bridgehead atoms. The fourth-order valence-electron chi connectivity index (χ4n) is 2.07. The van der Waals surface area contributed by atoms with Gasteiger partial charge < -0.3 is 10.4 Å². The minimum atomic E-state index is -0.933. The molecule has 0 aliphatic carbocycles. The number of amides is 1. The summed E-state index contributed by atoms with van der Waals surface area (Å²) in [6, 6.07) is 8.60. The Morgan fingerprint density at radius 2 is 2.00 bits per heavy atom. The number of hydrogen-bond donors (Lipinski definition) is 2. The van der Waals surface area contributed by atoms with E-state index >= 15 is 0 Å². The number of nitrogens with zero attached hydrogens (tertiary/aromatic N) is 2. The van der Waals surface area contributed by atoms with Gasteiger partial charge in [-0.15, -0.1) is 0 Å². The fraction of sp³-hybridized carbons (Fsp3) is 0.312. The molecule has 1 aromatic heterocycles. The number of carbonyl (C=O) groups excluding carboxylic acids is 1. The smallest absolute Gasteiger partial charge is 0.308 e. The third-order valence-corrected chi connectivity index (χ3v) is 3.65. The number of rotatable bonds is 6. The van der Waals surface area contributed by atoms with Crippen molar-refractivity contribution < 1.29 is 14.7 Å². The standard InChI is InChI=1S/C16H19N3O3/c1-11(16(21)22)12(2)18-15(20)14-7-4-3-6-13(14)10-19-9-5-8-17-19/h3-9,11-12H,10H2,1-2H3,(H,18,20)(H,21,22). The van der Waals surface area contributed by atoms with Crippen LogP contribution in [-0.4, -0.2) is 32.8 Å². The van der Waals surface area contributed by atoms with Gasteiger partial charge in [-0.2, -0.15) is 5.10 Å². The highest BCUT2D eigenvalue weighted by Gasteiger charge is 2.22. The molecule has 0 radical (unpaired) electrons. The minimum absolute atomic E-state index is 0.275. The van der Waals surface area contributed by atoms with Crippen molar-refractivity contribution in [2.24, 2.45) is 5.92 Å². The summed E-state index contributed by atoms with van der Waals surface area (Å²) in [4.78, 5) is 23.4. The van der Waals surface area contributed by atoms with Gasteiger partial charge in [0.15, 0.2) is 0 Å². The second-order valence-corrected chi connectivity index (χ2v) is 5.25. The molecule has 1 heterocycles. The highest BCUT2D eigenvalue weighted by Crippen LogP contribution is 2.12. The molecular formula is C16H19N3O3. The van der Waals surface area contributed by atoms with Gasteiger partial charge in [0.25, 0.3) is 5.91 Å². The summed E-state index contributed by atoms with van der Waals surface area (Å²) in [7, 11) is 0. The van der Waals surface area contributed by atoms with Crippen LogP contribution >= 0.6 is 0 Å². The SMILES string of the molecule is CC(NC(=O)c1ccccc1Cn1cccn1)C(C)C(=O)O. The molecule has 2 N–H and O–H groups in total. The predicted molar refractivity (Wildman–Crippen MR) is 81.5 cm³/mol. The van der Waals surface area contributed by atoms with E-state index in [0.29, 0.717) is 12.1 Å². The van der Waals surface area contributed by atoms with Gasteiger partial charge in [-0.05, 0) is 31.5 Å². The van der Waals surface area contributed by atoms with E-state index in [4.69, 9.17) is 5.11 Å². The molecular weight excluding hydrogens is 282 g/mol. The van der Waals surface area contributed by atoms with Crippen molar-refractivity contribution in [1.29, 1.82) is 0 Å². The van der Waals surface area contributed by atoms with Crippen LogP contribution in [0, 0.1) is 5.92 Å². The molecule has 1 aromatic carbocycles. The van der Waals surface area contributed by atoms with Gasteiger partial charge in [-0.25, -0.2) is 0 Å². The zero-order chi connectivity index (χ0) is 16.1. The molecule has 2 atom stereocenters. The van der Waals surface area contributed by atoms with Crippen molar-refractivity contribution in [2.75, 3.05) is 0 Å². The molecule has 2 unspecified atom stereocenters. The molecule has 0 saturated carbocycles. The van der Waals surface area contributed by atoms with E-state index in [9.17, 15) is 9.59 Å². The molecule has 0 saturated heterocycles. The van der Waals surface area contributed by atoms with Gasteiger partial charge in [-0.1, -0.05) is 18.2 Å². The molecule has 0 fully saturated rings. The normalized spacial score (nSPS) is 13.4. The summed E-state index contributed by atoms with van der Waals surface area (Å²) in [5.74, 6) is -1.86. The molecule has 22 heavy (non-hydrogen) atoms. The van der Waals surface area contributed by atoms with E-state index in [1.54, 1.807) is 36.9 Å². The Bertz CT molecular complexity index is 652. The second-order valence-electron chi connectivity index (χ2n) is 5.25. The van der Waals surface area contributed by atoms with Crippen LogP contribution in [0.4, 0.5) is 0 Å². The first-order valence-corrected chi connectivity index (χ1v) is 7.08. The summed E-state index contributed by atoms with van der Waals surface area (Å²) in [5, 5.41) is 15.9. The zero-order valence-electron chi connectivity index (χ0n) is 12.6. The van der Waals surface area contributed by atoms with Crippen LogP contribution in [0.25, 0.3) is 0 Å². The maximum absolute atomic E-state index is 12.4. The molecule has 0 spiro atoms. The van der Waals surface area contributed by atoms with Crippen molar-refractivity contribution in [3.8, 4) is 0 Å². The molecule has 2 aromatic rings. The Hall–Kier alpha value is -2.63. The van der Waals surface area contributed by atoms with E-state index < -0.39 is 17.9 Å². The Kier molecular flexibility index (Phi) is 4.93. The Morgan fingerprint density at radius 3 is 2.64 bits per heavy atom. The van der Waals surface area contributed by atoms with Crippen molar-refractivity contribution in [3.05, 3.63) is 53.9 Å². The molecule has 2 rings (SSSR count). The van der Waals surface area contributed by atoms with Crippen LogP contribution in [0.1, 0.15) is 29.8 Å². The van der Waals surface area contributed by atoms with E-state index in [0.717, 1.165) is 5.56 Å². The third-order valence-electron chi connectivity index (χ3n) is 3.65. The van der Waals surface area contributed by atoms with Crippen molar-refractivity contribution in [2.45, 2.75) is 26.4 Å². The number of hydrogen-bond acceptors (Lipinski definition) is 3. The summed E-state index contributed by atoms with van der Waals surface area (Å²) in [5.41, 5.74) is 1.36. The minimum Gasteiger partial charge on any atom is -0.481 e. The maximum Gasteiger partial charge on any atom is 0.308 e. The number of carboxylic acid groups (broad SMARTS) is 1. The van der Waals surface area contributed by atoms with Gasteiger partial charge in [0, 0.05) is 24.0 Å². The number of benzene rings is 1. The molecule has 6 nitrogen and oxygen atoms in total. The first kappa shape index (κ1) is 15.8. The quantitative estimate of drug-likeness (QED) is 0.851. The van der Waals surface area contributed by atoms with Crippen LogP contribution in [0.5, 0.6) is 0 Å². The van der Waals surface area contributed by atoms with E-state index in [1.165, 1.54) is 0 Å². The van der Waals surface area contributed by atoms with E-state index in [1.807, 2.05) is 24.4 Å². The number of aromatic nitrogens is 2. The molecule has 6 heteroatoms. The van der Waals surface area contributed by atoms with Crippen molar-refractivity contribution >= 4 is 11.9 Å². The van der Waals surface area contributed by atoms with Crippen LogP contribution in [0.3, 0.4) is 0 Å². The van der Waals surface area contributed by atoms with E-state index in [-0.39, 0.29) is 5.91 Å². The molecule has 116 valence electrons. The Morgan fingerprint density at radius 1 is 1.27 bits per heavy atom. The lowest BCUT2D eigenvalue weighted by Gasteiger charge is -2.19. The van der Waals surface area contributed by atoms with Gasteiger partial charge >= 0.3 is 5.97 Å². The van der Waals surface area contributed by atoms with Crippen molar-refractivity contribution in [3.63, 3.8) is 0 Å². The number of nitrogens with one attached hydrogen (secondary N) is 1. The molecule has 0 aliphatic rings. The monoisotopic (exact) mass is 301 g/mol. The van der Waals surface area contributed by atoms with E-state index in [2.05, 4.69) is 10.4 Å². The largest absolute Gasteiger partial charge is 0.481 e. The topological polar surface area (TPSA) is 84.2 Å². The average molecular weight is 301 g/mol. The molecule has 1 amide bonds. The maximum atomic E-state index is 12.4. The lowest BCUT2D eigenvalue weighted by molar-refractivity contribution is -0.141. The number of aliphatic carboxylic acids is 1. The van der Waals surface area contributed by atoms with Crippen LogP contribution < -0.4 is 5.32 Å². The van der Waals surface area contributed by atoms with Crippen LogP contribution in [0.2, 0.25) is 0 Å². The first-order chi connectivity index (χ1) is 10.5. The lowest BCUT2D eigenvalue weighted by atomic mass is 10.0. The average Bonchev–Trinajstić information content (AvgIpc) is 2.99. The Balaban J connectivity index is 2.14. The Labute approximate surface area is 128 Å². The number of carboxylic acids is 1. The highest BCUT2D eigenvalue weighted by molar-refractivity contribution is 5.96. The van der Waals surface area contributed by atoms with Crippen molar-refractivity contribution in [1.82, 2.24) is 15.1 Å². The van der Waals surface area contributed by atoms with Gasteiger partial charge in [0.2, 0.25) is 0 Å². The summed E-state index contributed by atoms with van der Waals surface area (Å²) >= 11 is 0. The zero-order valence-corrected chi connectivity index (χ0v) is 12.6. The van der Waals surface area contributed by atoms with Gasteiger partial charge in [0.1, 0.15) is 0 Å². The van der Waals surface area contributed by atoms with Crippen LogP contribution in [0.15, 0.2) is 42.7 Å². The molecule has 0 aliphatic heterocycles. The first-order valence-electron chi connectivity index (χ1n) is 7.08. The highest BCUT2D eigenvalue weighted by atomic mass is 16.4. The second kappa shape index (κ2) is 6.89. The third kappa shape index (κ3) is 3.72. The lowest BCUT2D eigenvalue weighted by Crippen LogP contribution is -2.40. The summed E-state index contributed by atoms with van der Waals surface area (Å²) in [6.45, 7) is 3.75. The van der Waals surface area contributed by atoms with Crippen LogP contribution in [-0.2, 0) is 11.3 Å². The summed E-state index contributed by atoms with van der Waals surface area (Å²) in [6.07, 6.45) is 3.50. The number of carbonyl (C=O) groups is 2. The summed E-state index contributed by atoms with van der Waals surface area (Å²) < 4.78 is 1.73. The fourth-order valence-corrected chi connectivity index (χ4v) is 2.07.